The van der Waals surface area contributed by atoms with E-state index in [2.05, 4.69) is 0 Å². The third-order valence-electron chi connectivity index (χ3n) is 9.72. The molecule has 1 aliphatic carbocycles. The summed E-state index contributed by atoms with van der Waals surface area (Å²) in [4.78, 5) is 31.4. The Kier molecular flexibility index (Phi) is 12.3. The second kappa shape index (κ2) is 18.1. The highest BCUT2D eigenvalue weighted by Gasteiger charge is 2.44. The first-order chi connectivity index (χ1) is 27.0. The highest BCUT2D eigenvalue weighted by Crippen LogP contribution is 2.48. The molecule has 0 unspecified atom stereocenters. The second-order valence-corrected chi connectivity index (χ2v) is 13.3. The van der Waals surface area contributed by atoms with Crippen LogP contribution in [0.2, 0.25) is 0 Å². The Morgan fingerprint density at radius 3 is 1.73 bits per heavy atom. The first-order valence-corrected chi connectivity index (χ1v) is 18.7. The molecule has 0 spiro atoms. The third-order valence-corrected chi connectivity index (χ3v) is 9.72. The molecule has 0 saturated carbocycles. The Balaban J connectivity index is 1.36. The van der Waals surface area contributed by atoms with Gasteiger partial charge in [-0.1, -0.05) is 121 Å². The van der Waals surface area contributed by atoms with Crippen LogP contribution in [0.3, 0.4) is 0 Å². The van der Waals surface area contributed by atoms with E-state index in [9.17, 15) is 4.79 Å². The van der Waals surface area contributed by atoms with Crippen molar-refractivity contribution in [3.63, 3.8) is 0 Å². The molecule has 9 nitrogen and oxygen atoms in total. The van der Waals surface area contributed by atoms with E-state index < -0.39 is 18.3 Å². The lowest BCUT2D eigenvalue weighted by molar-refractivity contribution is -0.159. The van der Waals surface area contributed by atoms with Gasteiger partial charge >= 0.3 is 0 Å². The highest BCUT2D eigenvalue weighted by molar-refractivity contribution is 6.26. The maximum Gasteiger partial charge on any atom is 0.258 e. The number of Topliss-reactive ketones (excluding diaryl/α,β-unsaturated/α-hetero) is 1. The number of benzene rings is 5. The summed E-state index contributed by atoms with van der Waals surface area (Å²) in [6.07, 6.45) is -0.914. The molecular weight excluding hydrogens is 695 g/mol. The topological polar surface area (TPSA) is 92.8 Å². The minimum atomic E-state index is -1.10. The van der Waals surface area contributed by atoms with E-state index in [1.165, 1.54) is 0 Å². The van der Waals surface area contributed by atoms with Crippen LogP contribution in [0.1, 0.15) is 52.0 Å². The Hall–Kier alpha value is -5.74. The molecule has 0 N–H and O–H groups in total. The summed E-state index contributed by atoms with van der Waals surface area (Å²) in [5.74, 6) is 0.243. The summed E-state index contributed by atoms with van der Waals surface area (Å²) < 4.78 is 38.2. The molecule has 3 atom stereocenters. The van der Waals surface area contributed by atoms with Crippen LogP contribution in [0, 0.1) is 0 Å². The number of amides is 1. The lowest BCUT2D eigenvalue weighted by Crippen LogP contribution is -2.49. The number of ether oxygens (including phenoxy) is 6. The van der Waals surface area contributed by atoms with Gasteiger partial charge in [0.05, 0.1) is 25.4 Å². The Morgan fingerprint density at radius 1 is 0.673 bits per heavy atom. The van der Waals surface area contributed by atoms with Crippen molar-refractivity contribution in [2.24, 2.45) is 0 Å². The number of hydrogen-bond acceptors (Lipinski definition) is 8. The van der Waals surface area contributed by atoms with Crippen molar-refractivity contribution < 1.29 is 38.0 Å². The van der Waals surface area contributed by atoms with Gasteiger partial charge in [0.1, 0.15) is 24.9 Å². The zero-order valence-corrected chi connectivity index (χ0v) is 31.1. The first kappa shape index (κ1) is 37.6. The fraction of sp³-hybridized carbons (Fsp3) is 0.261. The molecule has 282 valence electrons. The Bertz CT molecular complexity index is 2070. The average molecular weight is 740 g/mol. The predicted molar refractivity (Wildman–Crippen MR) is 209 cm³/mol. The summed E-state index contributed by atoms with van der Waals surface area (Å²) in [5, 5.41) is 0. The summed E-state index contributed by atoms with van der Waals surface area (Å²) >= 11 is 0. The van der Waals surface area contributed by atoms with Crippen molar-refractivity contribution in [3.05, 3.63) is 167 Å². The van der Waals surface area contributed by atoms with E-state index in [4.69, 9.17) is 28.4 Å². The molecule has 0 fully saturated rings. The third kappa shape index (κ3) is 8.81. The van der Waals surface area contributed by atoms with Gasteiger partial charge in [-0.05, 0) is 48.2 Å². The maximum absolute atomic E-state index is 15.1. The lowest BCUT2D eigenvalue weighted by Gasteiger charge is -2.36. The zero-order chi connectivity index (χ0) is 38.0. The highest BCUT2D eigenvalue weighted by atomic mass is 16.7. The number of carbonyl (C=O) groups excluding carboxylic acids is 2. The summed E-state index contributed by atoms with van der Waals surface area (Å²) in [7, 11) is 0. The van der Waals surface area contributed by atoms with Gasteiger partial charge in [-0.2, -0.15) is 0 Å². The number of hydrogen-bond donors (Lipinski definition) is 0. The standard InChI is InChI=1S/C46H45NO8/c1-3-47(4-2)46(49)40-36(25-39-42(55-31-54-39)44(40)52-29-34-21-13-7-14-22-34)37-26-38(50-27-32-17-9-5-10-18-32)43(51-28-33-19-11-6-12-20-33)45(41(37)48)53-30-35-23-15-8-16-24-35/h5-26,38,43,45H,3-4,27-31H2,1-2H3/t38-,43+,45-/m0/s1. The summed E-state index contributed by atoms with van der Waals surface area (Å²) in [5.41, 5.74) is 4.48. The van der Waals surface area contributed by atoms with Crippen LogP contribution in [0.5, 0.6) is 17.2 Å². The molecule has 0 aromatic heterocycles. The van der Waals surface area contributed by atoms with Crippen molar-refractivity contribution in [2.75, 3.05) is 19.9 Å². The van der Waals surface area contributed by atoms with E-state index in [1.54, 1.807) is 17.0 Å². The number of nitrogens with zero attached hydrogens (tertiary/aromatic N) is 1. The minimum Gasteiger partial charge on any atom is -0.484 e. The Morgan fingerprint density at radius 2 is 1.18 bits per heavy atom. The van der Waals surface area contributed by atoms with Crippen LogP contribution in [0.15, 0.2) is 133 Å². The van der Waals surface area contributed by atoms with E-state index in [1.807, 2.05) is 135 Å². The second-order valence-electron chi connectivity index (χ2n) is 13.3. The van der Waals surface area contributed by atoms with Crippen LogP contribution >= 0.6 is 0 Å². The minimum absolute atomic E-state index is 0.0621. The largest absolute Gasteiger partial charge is 0.484 e. The molecule has 5 aromatic carbocycles. The number of carbonyl (C=O) groups is 2. The van der Waals surface area contributed by atoms with Crippen LogP contribution in [0.25, 0.3) is 5.57 Å². The molecule has 7 rings (SSSR count). The van der Waals surface area contributed by atoms with E-state index >= 15 is 4.79 Å². The molecule has 9 heteroatoms. The van der Waals surface area contributed by atoms with Gasteiger partial charge in [0.15, 0.2) is 17.3 Å². The lowest BCUT2D eigenvalue weighted by atomic mass is 9.84. The monoisotopic (exact) mass is 739 g/mol. The predicted octanol–water partition coefficient (Wildman–Crippen LogP) is 8.20. The van der Waals surface area contributed by atoms with E-state index in [0.717, 1.165) is 22.3 Å². The number of ketones is 1. The van der Waals surface area contributed by atoms with Gasteiger partial charge in [-0.25, -0.2) is 0 Å². The molecule has 1 amide bonds. The molecule has 0 bridgehead atoms. The quantitative estimate of drug-likeness (QED) is 0.100. The van der Waals surface area contributed by atoms with Crippen LogP contribution in [-0.2, 0) is 45.4 Å². The Labute approximate surface area is 322 Å². The normalized spacial score (nSPS) is 17.5. The van der Waals surface area contributed by atoms with E-state index in [-0.39, 0.29) is 61.8 Å². The molecular formula is C46H45NO8. The van der Waals surface area contributed by atoms with Gasteiger partial charge in [-0.15, -0.1) is 0 Å². The maximum atomic E-state index is 15.1. The van der Waals surface area contributed by atoms with Crippen molar-refractivity contribution in [1.29, 1.82) is 0 Å². The molecule has 0 radical (unpaired) electrons. The SMILES string of the molecule is CCN(CC)C(=O)c1c(C2=C[C@H](OCc3ccccc3)[C@@H](OCc3ccccc3)[C@@H](OCc3ccccc3)C2=O)cc2c(c1OCc1ccccc1)OCO2. The van der Waals surface area contributed by atoms with Crippen LogP contribution in [0.4, 0.5) is 0 Å². The van der Waals surface area contributed by atoms with Gasteiger partial charge in [0, 0.05) is 24.2 Å². The van der Waals surface area contributed by atoms with Gasteiger partial charge < -0.3 is 33.3 Å². The van der Waals surface area contributed by atoms with Crippen molar-refractivity contribution in [1.82, 2.24) is 4.90 Å². The van der Waals surface area contributed by atoms with Crippen molar-refractivity contribution in [3.8, 4) is 17.2 Å². The summed E-state index contributed by atoms with van der Waals surface area (Å²) in [6, 6.07) is 40.6. The summed E-state index contributed by atoms with van der Waals surface area (Å²) in [6.45, 7) is 5.44. The molecule has 5 aromatic rings. The van der Waals surface area contributed by atoms with Crippen molar-refractivity contribution in [2.45, 2.75) is 58.6 Å². The average Bonchev–Trinajstić information content (AvgIpc) is 3.71. The smallest absolute Gasteiger partial charge is 0.258 e. The first-order valence-electron chi connectivity index (χ1n) is 18.7. The molecule has 55 heavy (non-hydrogen) atoms. The fourth-order valence-electron chi connectivity index (χ4n) is 6.80. The van der Waals surface area contributed by atoms with Gasteiger partial charge in [0.2, 0.25) is 12.5 Å². The van der Waals surface area contributed by atoms with Gasteiger partial charge in [0.25, 0.3) is 5.91 Å². The molecule has 1 heterocycles. The number of rotatable bonds is 16. The molecule has 2 aliphatic rings. The van der Waals surface area contributed by atoms with Crippen LogP contribution < -0.4 is 14.2 Å². The molecule has 1 aliphatic heterocycles. The number of fused-ring (bicyclic) bond motifs is 1. The van der Waals surface area contributed by atoms with E-state index in [0.29, 0.717) is 30.2 Å². The van der Waals surface area contributed by atoms with Crippen molar-refractivity contribution >= 4 is 17.3 Å². The van der Waals surface area contributed by atoms with Gasteiger partial charge in [-0.3, -0.25) is 9.59 Å². The zero-order valence-electron chi connectivity index (χ0n) is 31.1. The fourth-order valence-corrected chi connectivity index (χ4v) is 6.80. The molecule has 0 saturated heterocycles. The van der Waals surface area contributed by atoms with Crippen LogP contribution in [-0.4, -0.2) is 54.8 Å².